The van der Waals surface area contributed by atoms with Crippen LogP contribution in [0.1, 0.15) is 5.56 Å². The fourth-order valence-corrected chi connectivity index (χ4v) is 2.38. The number of halogens is 1. The van der Waals surface area contributed by atoms with Gasteiger partial charge < -0.3 is 11.1 Å². The van der Waals surface area contributed by atoms with Gasteiger partial charge in [0.1, 0.15) is 5.82 Å². The number of fused-ring (bicyclic) bond motifs is 1. The van der Waals surface area contributed by atoms with Crippen LogP contribution >= 0.6 is 11.6 Å². The van der Waals surface area contributed by atoms with Gasteiger partial charge in [-0.2, -0.15) is 0 Å². The number of anilines is 3. The lowest BCUT2D eigenvalue weighted by atomic mass is 10.1. The van der Waals surface area contributed by atoms with E-state index >= 15 is 0 Å². The van der Waals surface area contributed by atoms with E-state index in [1.165, 1.54) is 0 Å². The number of nitrogen functional groups attached to an aromatic ring is 1. The lowest BCUT2D eigenvalue weighted by Gasteiger charge is -2.12. The Balaban J connectivity index is 2.13. The van der Waals surface area contributed by atoms with Crippen LogP contribution < -0.4 is 11.1 Å². The topological polar surface area (TPSA) is 50.9 Å². The zero-order valence-corrected chi connectivity index (χ0v) is 11.8. The highest BCUT2D eigenvalue weighted by Gasteiger charge is 2.07. The van der Waals surface area contributed by atoms with E-state index < -0.39 is 0 Å². The Kier molecular flexibility index (Phi) is 3.20. The molecule has 0 spiro atoms. The minimum absolute atomic E-state index is 0.686. The molecule has 0 radical (unpaired) electrons. The predicted octanol–water partition coefficient (Wildman–Crippen LogP) is 4.52. The van der Waals surface area contributed by atoms with Crippen molar-refractivity contribution in [2.24, 2.45) is 0 Å². The third-order valence-electron chi connectivity index (χ3n) is 3.28. The number of aryl methyl sites for hydroxylation is 1. The van der Waals surface area contributed by atoms with Crippen molar-refractivity contribution in [3.63, 3.8) is 0 Å². The molecule has 2 aromatic carbocycles. The summed E-state index contributed by atoms with van der Waals surface area (Å²) >= 11 is 6.05. The average Bonchev–Trinajstić information content (AvgIpc) is 2.43. The van der Waals surface area contributed by atoms with Gasteiger partial charge in [0.15, 0.2) is 0 Å². The monoisotopic (exact) mass is 283 g/mol. The summed E-state index contributed by atoms with van der Waals surface area (Å²) in [7, 11) is 0. The molecule has 0 amide bonds. The van der Waals surface area contributed by atoms with Crippen molar-refractivity contribution in [1.29, 1.82) is 0 Å². The van der Waals surface area contributed by atoms with Crippen molar-refractivity contribution in [3.05, 3.63) is 59.2 Å². The minimum Gasteiger partial charge on any atom is -0.398 e. The maximum Gasteiger partial charge on any atom is 0.140 e. The minimum atomic E-state index is 0.686. The molecule has 3 N–H and O–H groups in total. The third kappa shape index (κ3) is 2.28. The van der Waals surface area contributed by atoms with Crippen molar-refractivity contribution in [2.75, 3.05) is 11.1 Å². The zero-order chi connectivity index (χ0) is 14.1. The second-order valence-corrected chi connectivity index (χ2v) is 5.13. The highest BCUT2D eigenvalue weighted by atomic mass is 35.5. The second-order valence-electron chi connectivity index (χ2n) is 4.69. The molecule has 0 aliphatic carbocycles. The first-order chi connectivity index (χ1) is 9.65. The van der Waals surface area contributed by atoms with Gasteiger partial charge in [0.2, 0.25) is 0 Å². The maximum atomic E-state index is 6.07. The molecule has 4 heteroatoms. The average molecular weight is 284 g/mol. The van der Waals surface area contributed by atoms with Gasteiger partial charge >= 0.3 is 0 Å². The summed E-state index contributed by atoms with van der Waals surface area (Å²) in [5.74, 6) is 0.742. The van der Waals surface area contributed by atoms with Crippen LogP contribution in [0.3, 0.4) is 0 Å². The molecule has 100 valence electrons. The molecule has 0 aliphatic heterocycles. The molecule has 0 saturated heterocycles. The summed E-state index contributed by atoms with van der Waals surface area (Å²) in [6.45, 7) is 2.02. The number of aromatic nitrogens is 1. The van der Waals surface area contributed by atoms with Crippen LogP contribution in [-0.2, 0) is 0 Å². The molecule has 0 atom stereocenters. The Hall–Kier alpha value is -2.26. The molecule has 0 unspecified atom stereocenters. The summed E-state index contributed by atoms with van der Waals surface area (Å²) in [6.07, 6.45) is 1.77. The SMILES string of the molecule is Cc1ccc(Cl)cc1Nc1nccc2cccc(N)c12. The summed E-state index contributed by atoms with van der Waals surface area (Å²) in [4.78, 5) is 4.40. The van der Waals surface area contributed by atoms with Crippen LogP contribution in [0.15, 0.2) is 48.7 Å². The number of nitrogens with zero attached hydrogens (tertiary/aromatic N) is 1. The number of hydrogen-bond acceptors (Lipinski definition) is 3. The smallest absolute Gasteiger partial charge is 0.140 e. The van der Waals surface area contributed by atoms with Crippen molar-refractivity contribution >= 4 is 39.6 Å². The molecule has 3 rings (SSSR count). The number of nitrogens with one attached hydrogen (secondary N) is 1. The van der Waals surface area contributed by atoms with Crippen molar-refractivity contribution in [2.45, 2.75) is 6.92 Å². The van der Waals surface area contributed by atoms with Gasteiger partial charge in [-0.25, -0.2) is 4.98 Å². The van der Waals surface area contributed by atoms with Crippen molar-refractivity contribution in [3.8, 4) is 0 Å². The van der Waals surface area contributed by atoms with Gasteiger partial charge in [-0.1, -0.05) is 29.8 Å². The van der Waals surface area contributed by atoms with Gasteiger partial charge in [0.05, 0.1) is 0 Å². The van der Waals surface area contributed by atoms with Gasteiger partial charge in [0, 0.05) is 28.0 Å². The standard InChI is InChI=1S/C16H14ClN3/c1-10-5-6-12(17)9-14(10)20-16-15-11(7-8-19-16)3-2-4-13(15)18/h2-9H,18H2,1H3,(H,19,20). The Morgan fingerprint density at radius 1 is 1.15 bits per heavy atom. The van der Waals surface area contributed by atoms with E-state index in [1.54, 1.807) is 6.20 Å². The van der Waals surface area contributed by atoms with E-state index in [9.17, 15) is 0 Å². The molecule has 1 aromatic heterocycles. The van der Waals surface area contributed by atoms with Crippen LogP contribution in [0.2, 0.25) is 5.02 Å². The number of rotatable bonds is 2. The molecule has 0 aliphatic rings. The Morgan fingerprint density at radius 3 is 2.85 bits per heavy atom. The Bertz CT molecular complexity index is 779. The maximum absolute atomic E-state index is 6.07. The summed E-state index contributed by atoms with van der Waals surface area (Å²) in [6, 6.07) is 13.5. The van der Waals surface area contributed by atoms with E-state index in [2.05, 4.69) is 10.3 Å². The predicted molar refractivity (Wildman–Crippen MR) is 85.6 cm³/mol. The molecule has 0 bridgehead atoms. The van der Waals surface area contributed by atoms with Crippen LogP contribution in [0, 0.1) is 6.92 Å². The van der Waals surface area contributed by atoms with Crippen LogP contribution in [0.5, 0.6) is 0 Å². The van der Waals surface area contributed by atoms with Crippen LogP contribution in [0.4, 0.5) is 17.2 Å². The molecule has 3 nitrogen and oxygen atoms in total. The summed E-state index contributed by atoms with van der Waals surface area (Å²) in [5.41, 5.74) is 8.81. The summed E-state index contributed by atoms with van der Waals surface area (Å²) in [5, 5.41) is 5.99. The zero-order valence-electron chi connectivity index (χ0n) is 11.0. The van der Waals surface area contributed by atoms with E-state index in [4.69, 9.17) is 17.3 Å². The fraction of sp³-hybridized carbons (Fsp3) is 0.0625. The molecule has 20 heavy (non-hydrogen) atoms. The first-order valence-electron chi connectivity index (χ1n) is 6.31. The number of pyridine rings is 1. The fourth-order valence-electron chi connectivity index (χ4n) is 2.21. The normalized spacial score (nSPS) is 10.7. The largest absolute Gasteiger partial charge is 0.398 e. The number of benzene rings is 2. The van der Waals surface area contributed by atoms with Crippen LogP contribution in [0.25, 0.3) is 10.8 Å². The van der Waals surface area contributed by atoms with Crippen LogP contribution in [-0.4, -0.2) is 4.98 Å². The van der Waals surface area contributed by atoms with Gasteiger partial charge in [-0.15, -0.1) is 0 Å². The number of nitrogens with two attached hydrogens (primary N) is 1. The Morgan fingerprint density at radius 2 is 2.00 bits per heavy atom. The highest BCUT2D eigenvalue weighted by Crippen LogP contribution is 2.30. The van der Waals surface area contributed by atoms with E-state index in [-0.39, 0.29) is 0 Å². The van der Waals surface area contributed by atoms with Gasteiger partial charge in [-0.05, 0) is 42.1 Å². The highest BCUT2D eigenvalue weighted by molar-refractivity contribution is 6.30. The molecular formula is C16H14ClN3. The second kappa shape index (κ2) is 5.02. The van der Waals surface area contributed by atoms with Gasteiger partial charge in [-0.3, -0.25) is 0 Å². The Labute approximate surface area is 122 Å². The lowest BCUT2D eigenvalue weighted by Crippen LogP contribution is -1.98. The molecule has 0 fully saturated rings. The number of hydrogen-bond donors (Lipinski definition) is 2. The third-order valence-corrected chi connectivity index (χ3v) is 3.51. The molecule has 1 heterocycles. The molecular weight excluding hydrogens is 270 g/mol. The quantitative estimate of drug-likeness (QED) is 0.680. The van der Waals surface area contributed by atoms with Crippen molar-refractivity contribution in [1.82, 2.24) is 4.98 Å². The molecule has 3 aromatic rings. The van der Waals surface area contributed by atoms with Crippen molar-refractivity contribution < 1.29 is 0 Å². The van der Waals surface area contributed by atoms with Gasteiger partial charge in [0.25, 0.3) is 0 Å². The van der Waals surface area contributed by atoms with E-state index in [0.29, 0.717) is 10.7 Å². The molecule has 0 saturated carbocycles. The van der Waals surface area contributed by atoms with E-state index in [1.807, 2.05) is 49.4 Å². The summed E-state index contributed by atoms with van der Waals surface area (Å²) < 4.78 is 0. The van der Waals surface area contributed by atoms with E-state index in [0.717, 1.165) is 27.8 Å². The lowest BCUT2D eigenvalue weighted by molar-refractivity contribution is 1.32. The first-order valence-corrected chi connectivity index (χ1v) is 6.69. The first kappa shape index (κ1) is 12.8.